The lowest BCUT2D eigenvalue weighted by Crippen LogP contribution is -2.43. The van der Waals surface area contributed by atoms with Crippen LogP contribution < -0.4 is 16.0 Å². The van der Waals surface area contributed by atoms with Crippen molar-refractivity contribution >= 4 is 17.3 Å². The van der Waals surface area contributed by atoms with Crippen LogP contribution in [0.25, 0.3) is 11.3 Å². The van der Waals surface area contributed by atoms with Crippen LogP contribution in [0.15, 0.2) is 42.7 Å². The number of amides is 1. The van der Waals surface area contributed by atoms with Gasteiger partial charge < -0.3 is 26.0 Å². The van der Waals surface area contributed by atoms with Crippen LogP contribution >= 0.6 is 0 Å². The lowest BCUT2D eigenvalue weighted by atomic mass is 10.1. The number of halogens is 1. The fraction of sp³-hybridized carbons (Fsp3) is 0.286. The molecule has 5 N–H and O–H groups in total. The lowest BCUT2D eigenvalue weighted by molar-refractivity contribution is 0.101. The Morgan fingerprint density at radius 1 is 1.37 bits per heavy atom. The predicted octanol–water partition coefficient (Wildman–Crippen LogP) is 2.28. The molecule has 1 atom stereocenters. The number of hydrogen-bond donors (Lipinski definition) is 4. The SMILES string of the molecule is NC1CCCN(c2c(F)cccc2NC(=O)c2ncc(-c3ccnc(CO)c3)[nH]2)C1. The molecule has 1 aromatic carbocycles. The Kier molecular flexibility index (Phi) is 5.73. The first-order chi connectivity index (χ1) is 14.5. The minimum absolute atomic E-state index is 0.0290. The molecule has 0 spiro atoms. The van der Waals surface area contributed by atoms with Crippen LogP contribution in [0.4, 0.5) is 15.8 Å². The molecular formula is C21H23FN6O2. The summed E-state index contributed by atoms with van der Waals surface area (Å²) in [5.74, 6) is -0.792. The van der Waals surface area contributed by atoms with E-state index in [0.717, 1.165) is 18.4 Å². The molecule has 3 aromatic rings. The van der Waals surface area contributed by atoms with Crippen molar-refractivity contribution in [3.63, 3.8) is 0 Å². The summed E-state index contributed by atoms with van der Waals surface area (Å²) in [6.07, 6.45) is 4.87. The lowest BCUT2D eigenvalue weighted by Gasteiger charge is -2.34. The van der Waals surface area contributed by atoms with E-state index in [1.807, 2.05) is 4.90 Å². The Morgan fingerprint density at radius 2 is 2.23 bits per heavy atom. The van der Waals surface area contributed by atoms with E-state index in [1.165, 1.54) is 12.3 Å². The Bertz CT molecular complexity index is 1050. The molecule has 1 amide bonds. The molecule has 0 saturated carbocycles. The summed E-state index contributed by atoms with van der Waals surface area (Å²) in [5.41, 5.74) is 8.63. The van der Waals surface area contributed by atoms with E-state index in [2.05, 4.69) is 20.3 Å². The van der Waals surface area contributed by atoms with Crippen LogP contribution in [0.1, 0.15) is 29.2 Å². The number of anilines is 2. The van der Waals surface area contributed by atoms with Gasteiger partial charge in [-0.1, -0.05) is 6.07 Å². The summed E-state index contributed by atoms with van der Waals surface area (Å²) in [4.78, 5) is 25.8. The van der Waals surface area contributed by atoms with Crippen LogP contribution in [0.2, 0.25) is 0 Å². The number of hydrogen-bond acceptors (Lipinski definition) is 6. The minimum atomic E-state index is -0.481. The van der Waals surface area contributed by atoms with Gasteiger partial charge in [-0.3, -0.25) is 9.78 Å². The van der Waals surface area contributed by atoms with E-state index in [9.17, 15) is 14.3 Å². The molecule has 9 heteroatoms. The number of imidazole rings is 1. The first-order valence-electron chi connectivity index (χ1n) is 9.76. The molecule has 0 aliphatic carbocycles. The number of aliphatic hydroxyl groups is 1. The van der Waals surface area contributed by atoms with E-state index in [4.69, 9.17) is 5.73 Å². The molecule has 1 aliphatic heterocycles. The molecule has 1 unspecified atom stereocenters. The molecule has 1 fully saturated rings. The molecule has 2 aromatic heterocycles. The molecule has 4 rings (SSSR count). The summed E-state index contributed by atoms with van der Waals surface area (Å²) >= 11 is 0. The molecule has 30 heavy (non-hydrogen) atoms. The van der Waals surface area contributed by atoms with Gasteiger partial charge in [0, 0.05) is 30.9 Å². The van der Waals surface area contributed by atoms with E-state index in [1.54, 1.807) is 30.5 Å². The van der Waals surface area contributed by atoms with Crippen LogP contribution in [-0.4, -0.2) is 45.1 Å². The third-order valence-electron chi connectivity index (χ3n) is 5.09. The van der Waals surface area contributed by atoms with Gasteiger partial charge in [0.05, 0.1) is 35.6 Å². The Hall–Kier alpha value is -3.30. The zero-order valence-electron chi connectivity index (χ0n) is 16.3. The number of piperidine rings is 1. The monoisotopic (exact) mass is 410 g/mol. The smallest absolute Gasteiger partial charge is 0.291 e. The number of aromatic nitrogens is 3. The highest BCUT2D eigenvalue weighted by Crippen LogP contribution is 2.31. The van der Waals surface area contributed by atoms with Gasteiger partial charge in [0.2, 0.25) is 0 Å². The largest absolute Gasteiger partial charge is 0.390 e. The molecule has 8 nitrogen and oxygen atoms in total. The van der Waals surface area contributed by atoms with Crippen molar-refractivity contribution in [2.45, 2.75) is 25.5 Å². The van der Waals surface area contributed by atoms with Crippen LogP contribution in [0, 0.1) is 5.82 Å². The number of H-pyrrole nitrogens is 1. The second-order valence-electron chi connectivity index (χ2n) is 7.28. The minimum Gasteiger partial charge on any atom is -0.390 e. The van der Waals surface area contributed by atoms with E-state index >= 15 is 0 Å². The highest BCUT2D eigenvalue weighted by Gasteiger charge is 2.23. The zero-order valence-corrected chi connectivity index (χ0v) is 16.3. The first-order valence-corrected chi connectivity index (χ1v) is 9.76. The van der Waals surface area contributed by atoms with Crippen LogP contribution in [-0.2, 0) is 6.61 Å². The number of nitrogens with two attached hydrogens (primary N) is 1. The molecule has 0 bridgehead atoms. The summed E-state index contributed by atoms with van der Waals surface area (Å²) in [5, 5.41) is 12.0. The topological polar surface area (TPSA) is 120 Å². The molecule has 3 heterocycles. The second kappa shape index (κ2) is 8.60. The zero-order chi connectivity index (χ0) is 21.1. The molecular weight excluding hydrogens is 387 g/mol. The summed E-state index contributed by atoms with van der Waals surface area (Å²) < 4.78 is 14.6. The number of pyridine rings is 1. The first kappa shape index (κ1) is 20.0. The van der Waals surface area contributed by atoms with Crippen molar-refractivity contribution in [2.75, 3.05) is 23.3 Å². The van der Waals surface area contributed by atoms with Crippen molar-refractivity contribution in [1.82, 2.24) is 15.0 Å². The number of benzene rings is 1. The fourth-order valence-corrected chi connectivity index (χ4v) is 3.65. The number of para-hydroxylation sites is 1. The van der Waals surface area contributed by atoms with Gasteiger partial charge in [0.1, 0.15) is 5.82 Å². The molecule has 156 valence electrons. The summed E-state index contributed by atoms with van der Waals surface area (Å²) in [7, 11) is 0. The standard InChI is InChI=1S/C21H23FN6O2/c22-16-4-1-5-17(19(16)28-8-2-3-14(23)11-28)27-21(30)20-25-10-18(26-20)13-6-7-24-15(9-13)12-29/h1,4-7,9-10,14,29H,2-3,8,11-12,23H2,(H,25,26)(H,27,30). The third-order valence-corrected chi connectivity index (χ3v) is 5.09. The molecule has 1 aliphatic rings. The van der Waals surface area contributed by atoms with Crippen molar-refractivity contribution < 1.29 is 14.3 Å². The van der Waals surface area contributed by atoms with Gasteiger partial charge in [0.25, 0.3) is 5.91 Å². The van der Waals surface area contributed by atoms with Crippen molar-refractivity contribution in [2.24, 2.45) is 5.73 Å². The quantitative estimate of drug-likeness (QED) is 0.512. The van der Waals surface area contributed by atoms with Gasteiger partial charge >= 0.3 is 0 Å². The average molecular weight is 410 g/mol. The maximum Gasteiger partial charge on any atom is 0.291 e. The van der Waals surface area contributed by atoms with E-state index < -0.39 is 11.7 Å². The van der Waals surface area contributed by atoms with Gasteiger partial charge in [-0.15, -0.1) is 0 Å². The van der Waals surface area contributed by atoms with Crippen LogP contribution in [0.3, 0.4) is 0 Å². The maximum absolute atomic E-state index is 14.6. The van der Waals surface area contributed by atoms with E-state index in [-0.39, 0.29) is 18.5 Å². The molecule has 0 radical (unpaired) electrons. The average Bonchev–Trinajstić information content (AvgIpc) is 3.24. The van der Waals surface area contributed by atoms with Crippen molar-refractivity contribution in [3.8, 4) is 11.3 Å². The second-order valence-corrected chi connectivity index (χ2v) is 7.28. The summed E-state index contributed by atoms with van der Waals surface area (Å²) in [6, 6.07) is 8.02. The number of carbonyl (C=O) groups excluding carboxylic acids is 1. The Balaban J connectivity index is 1.56. The normalized spacial score (nSPS) is 16.5. The van der Waals surface area contributed by atoms with Crippen molar-refractivity contribution in [3.05, 3.63) is 60.1 Å². The fourth-order valence-electron chi connectivity index (χ4n) is 3.65. The Morgan fingerprint density at radius 3 is 3.03 bits per heavy atom. The summed E-state index contributed by atoms with van der Waals surface area (Å²) in [6.45, 7) is 1.03. The Labute approximate surface area is 173 Å². The number of nitrogens with one attached hydrogen (secondary N) is 2. The number of aromatic amines is 1. The third kappa shape index (κ3) is 4.17. The van der Waals surface area contributed by atoms with Crippen molar-refractivity contribution in [1.29, 1.82) is 0 Å². The van der Waals surface area contributed by atoms with Gasteiger partial charge in [-0.25, -0.2) is 9.37 Å². The number of nitrogens with zero attached hydrogens (tertiary/aromatic N) is 3. The highest BCUT2D eigenvalue weighted by molar-refractivity contribution is 6.04. The van der Waals surface area contributed by atoms with E-state index in [0.29, 0.717) is 35.9 Å². The number of rotatable bonds is 5. The van der Waals surface area contributed by atoms with Gasteiger partial charge in [-0.05, 0) is 37.1 Å². The van der Waals surface area contributed by atoms with Crippen LogP contribution in [0.5, 0.6) is 0 Å². The predicted molar refractivity (Wildman–Crippen MR) is 112 cm³/mol. The maximum atomic E-state index is 14.6. The molecule has 1 saturated heterocycles. The van der Waals surface area contributed by atoms with Gasteiger partial charge in [0.15, 0.2) is 5.82 Å². The van der Waals surface area contributed by atoms with Gasteiger partial charge in [-0.2, -0.15) is 0 Å². The highest BCUT2D eigenvalue weighted by atomic mass is 19.1. The number of aliphatic hydroxyl groups excluding tert-OH is 1. The number of carbonyl (C=O) groups is 1.